The highest BCUT2D eigenvalue weighted by molar-refractivity contribution is 5.80. The smallest absolute Gasteiger partial charge is 0.227 e. The summed E-state index contributed by atoms with van der Waals surface area (Å²) in [4.78, 5) is 17.3. The number of rotatable bonds is 1. The lowest BCUT2D eigenvalue weighted by Crippen LogP contribution is -2.57. The monoisotopic (exact) mass is 281 g/mol. The van der Waals surface area contributed by atoms with Crippen molar-refractivity contribution in [1.82, 2.24) is 9.80 Å². The van der Waals surface area contributed by atoms with Crippen LogP contribution in [0.5, 0.6) is 0 Å². The van der Waals surface area contributed by atoms with Crippen LogP contribution in [0.25, 0.3) is 0 Å². The van der Waals surface area contributed by atoms with Gasteiger partial charge in [0.1, 0.15) is 0 Å². The fourth-order valence-electron chi connectivity index (χ4n) is 3.69. The van der Waals surface area contributed by atoms with Crippen molar-refractivity contribution in [3.63, 3.8) is 0 Å². The van der Waals surface area contributed by atoms with E-state index in [0.717, 1.165) is 39.0 Å². The Bertz CT molecular complexity index is 332. The van der Waals surface area contributed by atoms with E-state index in [1.807, 2.05) is 0 Å². The van der Waals surface area contributed by atoms with Crippen LogP contribution in [0.2, 0.25) is 0 Å². The zero-order chi connectivity index (χ0) is 14.9. The van der Waals surface area contributed by atoms with Gasteiger partial charge in [0.05, 0.1) is 5.92 Å². The molecule has 2 N–H and O–H groups in total. The first-order valence-electron chi connectivity index (χ1n) is 8.10. The molecule has 20 heavy (non-hydrogen) atoms. The van der Waals surface area contributed by atoms with Crippen LogP contribution in [0, 0.1) is 11.8 Å². The highest BCUT2D eigenvalue weighted by atomic mass is 16.2. The fourth-order valence-corrected chi connectivity index (χ4v) is 3.69. The summed E-state index contributed by atoms with van der Waals surface area (Å²) in [5, 5.41) is 0. The molecule has 0 aromatic carbocycles. The molecule has 0 spiro atoms. The van der Waals surface area contributed by atoms with E-state index >= 15 is 0 Å². The van der Waals surface area contributed by atoms with Crippen LogP contribution in [-0.4, -0.2) is 53.5 Å². The number of nitrogens with two attached hydrogens (primary N) is 1. The Labute approximate surface area is 123 Å². The van der Waals surface area contributed by atoms with Crippen molar-refractivity contribution in [2.45, 2.75) is 58.5 Å². The molecule has 2 aliphatic rings. The molecule has 1 aliphatic carbocycles. The van der Waals surface area contributed by atoms with Gasteiger partial charge in [-0.25, -0.2) is 0 Å². The number of hydrogen-bond acceptors (Lipinski definition) is 3. The Morgan fingerprint density at radius 2 is 1.70 bits per heavy atom. The van der Waals surface area contributed by atoms with Crippen molar-refractivity contribution in [3.05, 3.63) is 0 Å². The maximum Gasteiger partial charge on any atom is 0.227 e. The van der Waals surface area contributed by atoms with Gasteiger partial charge in [0.15, 0.2) is 0 Å². The van der Waals surface area contributed by atoms with Crippen LogP contribution in [-0.2, 0) is 4.79 Å². The largest absolute Gasteiger partial charge is 0.340 e. The zero-order valence-electron chi connectivity index (χ0n) is 13.6. The van der Waals surface area contributed by atoms with Crippen LogP contribution in [0.1, 0.15) is 47.0 Å². The first-order valence-corrected chi connectivity index (χ1v) is 8.10. The topological polar surface area (TPSA) is 49.6 Å². The van der Waals surface area contributed by atoms with E-state index in [1.165, 1.54) is 6.42 Å². The normalized spacial score (nSPS) is 33.2. The predicted molar refractivity (Wildman–Crippen MR) is 82.4 cm³/mol. The molecule has 0 radical (unpaired) electrons. The molecule has 3 unspecified atom stereocenters. The van der Waals surface area contributed by atoms with E-state index in [-0.39, 0.29) is 17.5 Å². The summed E-state index contributed by atoms with van der Waals surface area (Å²) >= 11 is 0. The Kier molecular flexibility index (Phi) is 4.75. The maximum absolute atomic E-state index is 12.8. The fraction of sp³-hybridized carbons (Fsp3) is 0.938. The highest BCUT2D eigenvalue weighted by Crippen LogP contribution is 2.31. The SMILES string of the molecule is CC1CCCC(N)C1C(=O)N1CCN(C(C)(C)C)CC1. The van der Waals surface area contributed by atoms with Gasteiger partial charge in [-0.15, -0.1) is 0 Å². The molecule has 4 heteroatoms. The predicted octanol–water partition coefficient (Wildman–Crippen LogP) is 1.69. The standard InChI is InChI=1S/C16H31N3O/c1-12-6-5-7-13(17)14(12)15(20)18-8-10-19(11-9-18)16(2,3)4/h12-14H,5-11,17H2,1-4H3. The van der Waals surface area contributed by atoms with Gasteiger partial charge in [0.2, 0.25) is 5.91 Å². The third kappa shape index (κ3) is 3.34. The lowest BCUT2D eigenvalue weighted by molar-refractivity contribution is -0.141. The molecule has 1 saturated carbocycles. The summed E-state index contributed by atoms with van der Waals surface area (Å²) in [6, 6.07) is 0.0619. The molecule has 1 amide bonds. The van der Waals surface area contributed by atoms with Crippen LogP contribution < -0.4 is 5.73 Å². The third-order valence-corrected chi connectivity index (χ3v) is 5.10. The van der Waals surface area contributed by atoms with Gasteiger partial charge >= 0.3 is 0 Å². The zero-order valence-corrected chi connectivity index (χ0v) is 13.6. The van der Waals surface area contributed by atoms with Crippen molar-refractivity contribution >= 4 is 5.91 Å². The van der Waals surface area contributed by atoms with Crippen LogP contribution in [0.15, 0.2) is 0 Å². The van der Waals surface area contributed by atoms with E-state index in [0.29, 0.717) is 11.8 Å². The van der Waals surface area contributed by atoms with Gasteiger partial charge in [-0.3, -0.25) is 9.69 Å². The lowest BCUT2D eigenvalue weighted by Gasteiger charge is -2.44. The minimum atomic E-state index is 0.0462. The Balaban J connectivity index is 1.94. The van der Waals surface area contributed by atoms with Crippen molar-refractivity contribution < 1.29 is 4.79 Å². The van der Waals surface area contributed by atoms with E-state index in [4.69, 9.17) is 5.73 Å². The maximum atomic E-state index is 12.8. The molecule has 1 aliphatic heterocycles. The van der Waals surface area contributed by atoms with Crippen molar-refractivity contribution in [3.8, 4) is 0 Å². The number of hydrogen-bond donors (Lipinski definition) is 1. The Morgan fingerprint density at radius 1 is 1.10 bits per heavy atom. The lowest BCUT2D eigenvalue weighted by atomic mass is 9.76. The summed E-state index contributed by atoms with van der Waals surface area (Å²) in [5.74, 6) is 0.787. The summed E-state index contributed by atoms with van der Waals surface area (Å²) in [6.45, 7) is 12.6. The van der Waals surface area contributed by atoms with E-state index in [2.05, 4.69) is 37.5 Å². The number of carbonyl (C=O) groups excluding carboxylic acids is 1. The van der Waals surface area contributed by atoms with Gasteiger partial charge in [-0.2, -0.15) is 0 Å². The quantitative estimate of drug-likeness (QED) is 0.796. The summed E-state index contributed by atoms with van der Waals surface area (Å²) in [6.07, 6.45) is 3.32. The number of amides is 1. The average molecular weight is 281 g/mol. The molecular formula is C16H31N3O. The van der Waals surface area contributed by atoms with Gasteiger partial charge in [-0.05, 0) is 39.5 Å². The first kappa shape index (κ1) is 15.8. The van der Waals surface area contributed by atoms with Gasteiger partial charge < -0.3 is 10.6 Å². The summed E-state index contributed by atoms with van der Waals surface area (Å²) in [5.41, 5.74) is 6.41. The molecule has 116 valence electrons. The molecular weight excluding hydrogens is 250 g/mol. The van der Waals surface area contributed by atoms with E-state index < -0.39 is 0 Å². The summed E-state index contributed by atoms with van der Waals surface area (Å²) in [7, 11) is 0. The van der Waals surface area contributed by atoms with Crippen LogP contribution in [0.4, 0.5) is 0 Å². The van der Waals surface area contributed by atoms with Gasteiger partial charge in [0.25, 0.3) is 0 Å². The minimum absolute atomic E-state index is 0.0462. The van der Waals surface area contributed by atoms with Gasteiger partial charge in [0, 0.05) is 37.8 Å². The number of piperazine rings is 1. The van der Waals surface area contributed by atoms with Crippen LogP contribution >= 0.6 is 0 Å². The molecule has 4 nitrogen and oxygen atoms in total. The van der Waals surface area contributed by atoms with Crippen LogP contribution in [0.3, 0.4) is 0 Å². The molecule has 0 bridgehead atoms. The molecule has 2 rings (SSSR count). The number of carbonyl (C=O) groups is 1. The van der Waals surface area contributed by atoms with E-state index in [9.17, 15) is 4.79 Å². The molecule has 1 saturated heterocycles. The second-order valence-electron chi connectivity index (χ2n) is 7.58. The minimum Gasteiger partial charge on any atom is -0.340 e. The molecule has 2 fully saturated rings. The second-order valence-corrected chi connectivity index (χ2v) is 7.58. The summed E-state index contributed by atoms with van der Waals surface area (Å²) < 4.78 is 0. The molecule has 0 aromatic rings. The Hall–Kier alpha value is -0.610. The Morgan fingerprint density at radius 3 is 2.20 bits per heavy atom. The molecule has 1 heterocycles. The molecule has 3 atom stereocenters. The van der Waals surface area contributed by atoms with Gasteiger partial charge in [-0.1, -0.05) is 13.3 Å². The highest BCUT2D eigenvalue weighted by Gasteiger charge is 2.38. The third-order valence-electron chi connectivity index (χ3n) is 5.10. The van der Waals surface area contributed by atoms with E-state index in [1.54, 1.807) is 0 Å². The second kappa shape index (κ2) is 6.02. The first-order chi connectivity index (χ1) is 9.30. The van der Waals surface area contributed by atoms with Crippen molar-refractivity contribution in [2.24, 2.45) is 17.6 Å². The van der Waals surface area contributed by atoms with Crippen molar-refractivity contribution in [2.75, 3.05) is 26.2 Å². The molecule has 0 aromatic heterocycles. The average Bonchev–Trinajstić information content (AvgIpc) is 2.37. The van der Waals surface area contributed by atoms with Crippen molar-refractivity contribution in [1.29, 1.82) is 0 Å². The number of nitrogens with zero attached hydrogens (tertiary/aromatic N) is 2.